The van der Waals surface area contributed by atoms with Crippen LogP contribution in [0.15, 0.2) is 57.9 Å². The first kappa shape index (κ1) is 13.1. The van der Waals surface area contributed by atoms with Crippen LogP contribution in [0.5, 0.6) is 0 Å². The molecule has 94 valence electrons. The topological polar surface area (TPSA) is 46.2 Å². The largest absolute Gasteiger partial charge is 0.280 e. The minimum absolute atomic E-state index is 0.255. The van der Waals surface area contributed by atoms with Gasteiger partial charge in [-0.3, -0.25) is 4.72 Å². The van der Waals surface area contributed by atoms with Gasteiger partial charge in [0, 0.05) is 10.2 Å². The lowest BCUT2D eigenvalue weighted by Crippen LogP contribution is -2.12. The average molecular weight is 326 g/mol. The lowest BCUT2D eigenvalue weighted by molar-refractivity contribution is 0.601. The summed E-state index contributed by atoms with van der Waals surface area (Å²) in [4.78, 5) is 0.255. The van der Waals surface area contributed by atoms with Gasteiger partial charge >= 0.3 is 0 Å². The molecule has 0 spiro atoms. The Morgan fingerprint density at radius 2 is 1.72 bits per heavy atom. The molecule has 0 saturated carbocycles. The van der Waals surface area contributed by atoms with Crippen LogP contribution in [0.1, 0.15) is 5.56 Å². The maximum absolute atomic E-state index is 12.1. The molecule has 2 aromatic carbocycles. The minimum Gasteiger partial charge on any atom is -0.280 e. The number of sulfonamides is 1. The maximum atomic E-state index is 12.1. The first-order chi connectivity index (χ1) is 8.49. The van der Waals surface area contributed by atoms with E-state index in [-0.39, 0.29) is 4.90 Å². The molecule has 0 bridgehead atoms. The van der Waals surface area contributed by atoms with Crippen LogP contribution in [0.25, 0.3) is 0 Å². The standard InChI is InChI=1S/C13H12BrNO2S/c1-10-9-11(7-8-13(10)14)15-18(16,17)12-5-3-2-4-6-12/h2-9,15H,1H3. The SMILES string of the molecule is Cc1cc(NS(=O)(=O)c2ccccc2)ccc1Br. The van der Waals surface area contributed by atoms with Crippen LogP contribution >= 0.6 is 15.9 Å². The van der Waals surface area contributed by atoms with Gasteiger partial charge in [-0.25, -0.2) is 8.42 Å². The van der Waals surface area contributed by atoms with Crippen molar-refractivity contribution >= 4 is 31.6 Å². The zero-order valence-corrected chi connectivity index (χ0v) is 12.1. The molecule has 1 N–H and O–H groups in total. The van der Waals surface area contributed by atoms with Crippen LogP contribution in [0.2, 0.25) is 0 Å². The van der Waals surface area contributed by atoms with Crippen LogP contribution in [-0.2, 0) is 10.0 Å². The predicted octanol–water partition coefficient (Wildman–Crippen LogP) is 3.56. The number of rotatable bonds is 3. The molecule has 0 aliphatic carbocycles. The first-order valence-corrected chi connectivity index (χ1v) is 7.61. The number of nitrogens with one attached hydrogen (secondary N) is 1. The molecule has 2 rings (SSSR count). The fourth-order valence-corrected chi connectivity index (χ4v) is 2.84. The first-order valence-electron chi connectivity index (χ1n) is 5.33. The molecule has 0 aliphatic heterocycles. The van der Waals surface area contributed by atoms with Crippen molar-refractivity contribution in [1.29, 1.82) is 0 Å². The molecule has 18 heavy (non-hydrogen) atoms. The number of anilines is 1. The third kappa shape index (κ3) is 2.91. The summed E-state index contributed by atoms with van der Waals surface area (Å²) in [5, 5.41) is 0. The summed E-state index contributed by atoms with van der Waals surface area (Å²) in [6.07, 6.45) is 0. The van der Waals surface area contributed by atoms with E-state index in [2.05, 4.69) is 20.7 Å². The molecule has 0 unspecified atom stereocenters. The van der Waals surface area contributed by atoms with Crippen molar-refractivity contribution < 1.29 is 8.42 Å². The van der Waals surface area contributed by atoms with E-state index in [1.165, 1.54) is 0 Å². The number of hydrogen-bond acceptors (Lipinski definition) is 2. The fraction of sp³-hybridized carbons (Fsp3) is 0.0769. The highest BCUT2D eigenvalue weighted by molar-refractivity contribution is 9.10. The number of aryl methyl sites for hydroxylation is 1. The fourth-order valence-electron chi connectivity index (χ4n) is 1.52. The molecule has 0 heterocycles. The summed E-state index contributed by atoms with van der Waals surface area (Å²) in [6.45, 7) is 1.91. The van der Waals surface area contributed by atoms with Gasteiger partial charge < -0.3 is 0 Å². The highest BCUT2D eigenvalue weighted by atomic mass is 79.9. The second-order valence-electron chi connectivity index (χ2n) is 3.88. The van der Waals surface area contributed by atoms with Crippen molar-refractivity contribution in [2.24, 2.45) is 0 Å². The van der Waals surface area contributed by atoms with E-state index in [4.69, 9.17) is 0 Å². The molecule has 2 aromatic rings. The molecule has 0 fully saturated rings. The van der Waals surface area contributed by atoms with Crippen molar-refractivity contribution in [1.82, 2.24) is 0 Å². The number of hydrogen-bond donors (Lipinski definition) is 1. The van der Waals surface area contributed by atoms with Gasteiger partial charge in [0.15, 0.2) is 0 Å². The van der Waals surface area contributed by atoms with Crippen molar-refractivity contribution in [2.45, 2.75) is 11.8 Å². The maximum Gasteiger partial charge on any atom is 0.261 e. The second kappa shape index (κ2) is 5.12. The minimum atomic E-state index is -3.51. The van der Waals surface area contributed by atoms with Crippen LogP contribution in [0.3, 0.4) is 0 Å². The Kier molecular flexibility index (Phi) is 3.73. The van der Waals surface area contributed by atoms with Crippen LogP contribution < -0.4 is 4.72 Å². The van der Waals surface area contributed by atoms with E-state index >= 15 is 0 Å². The summed E-state index contributed by atoms with van der Waals surface area (Å²) in [7, 11) is -3.51. The Morgan fingerprint density at radius 3 is 2.33 bits per heavy atom. The van der Waals surface area contributed by atoms with Crippen molar-refractivity contribution in [3.05, 3.63) is 58.6 Å². The van der Waals surface area contributed by atoms with Gasteiger partial charge in [0.25, 0.3) is 10.0 Å². The molecular formula is C13H12BrNO2S. The van der Waals surface area contributed by atoms with E-state index in [0.717, 1.165) is 10.0 Å². The molecule has 0 radical (unpaired) electrons. The number of halogens is 1. The molecule has 0 saturated heterocycles. The molecule has 0 atom stereocenters. The monoisotopic (exact) mass is 325 g/mol. The smallest absolute Gasteiger partial charge is 0.261 e. The summed E-state index contributed by atoms with van der Waals surface area (Å²) < 4.78 is 27.7. The zero-order valence-electron chi connectivity index (χ0n) is 9.72. The van der Waals surface area contributed by atoms with E-state index < -0.39 is 10.0 Å². The van der Waals surface area contributed by atoms with Gasteiger partial charge in [0.1, 0.15) is 0 Å². The van der Waals surface area contributed by atoms with Gasteiger partial charge in [-0.15, -0.1) is 0 Å². The zero-order chi connectivity index (χ0) is 13.2. The normalized spacial score (nSPS) is 11.2. The predicted molar refractivity (Wildman–Crippen MR) is 76.1 cm³/mol. The number of benzene rings is 2. The van der Waals surface area contributed by atoms with Crippen molar-refractivity contribution in [2.75, 3.05) is 4.72 Å². The second-order valence-corrected chi connectivity index (χ2v) is 6.42. The van der Waals surface area contributed by atoms with Gasteiger partial charge in [-0.2, -0.15) is 0 Å². The van der Waals surface area contributed by atoms with Gasteiger partial charge in [0.05, 0.1) is 4.90 Å². The summed E-state index contributed by atoms with van der Waals surface area (Å²) in [5.41, 5.74) is 1.53. The van der Waals surface area contributed by atoms with Crippen LogP contribution in [-0.4, -0.2) is 8.42 Å². The van der Waals surface area contributed by atoms with Gasteiger partial charge in [-0.1, -0.05) is 34.1 Å². The van der Waals surface area contributed by atoms with Crippen molar-refractivity contribution in [3.63, 3.8) is 0 Å². The van der Waals surface area contributed by atoms with Crippen LogP contribution in [0, 0.1) is 6.92 Å². The van der Waals surface area contributed by atoms with E-state index in [1.807, 2.05) is 13.0 Å². The van der Waals surface area contributed by atoms with Gasteiger partial charge in [0.2, 0.25) is 0 Å². The molecule has 0 aromatic heterocycles. The Hall–Kier alpha value is -1.33. The lowest BCUT2D eigenvalue weighted by atomic mass is 10.2. The summed E-state index contributed by atoms with van der Waals surface area (Å²) in [5.74, 6) is 0. The Morgan fingerprint density at radius 1 is 1.06 bits per heavy atom. The molecular weight excluding hydrogens is 314 g/mol. The highest BCUT2D eigenvalue weighted by Gasteiger charge is 2.13. The summed E-state index contributed by atoms with van der Waals surface area (Å²) in [6, 6.07) is 13.6. The Balaban J connectivity index is 2.31. The van der Waals surface area contributed by atoms with Crippen LogP contribution in [0.4, 0.5) is 5.69 Å². The van der Waals surface area contributed by atoms with Crippen molar-refractivity contribution in [3.8, 4) is 0 Å². The van der Waals surface area contributed by atoms with E-state index in [1.54, 1.807) is 42.5 Å². The Bertz CT molecular complexity index is 654. The molecule has 0 amide bonds. The average Bonchev–Trinajstić information content (AvgIpc) is 2.35. The Labute approximate surface area is 115 Å². The van der Waals surface area contributed by atoms with Gasteiger partial charge in [-0.05, 0) is 42.8 Å². The van der Waals surface area contributed by atoms with E-state index in [9.17, 15) is 8.42 Å². The quantitative estimate of drug-likeness (QED) is 0.937. The highest BCUT2D eigenvalue weighted by Crippen LogP contribution is 2.22. The molecule has 3 nitrogen and oxygen atoms in total. The van der Waals surface area contributed by atoms with E-state index in [0.29, 0.717) is 5.69 Å². The summed E-state index contributed by atoms with van der Waals surface area (Å²) >= 11 is 3.38. The third-order valence-electron chi connectivity index (χ3n) is 2.46. The molecule has 5 heteroatoms. The lowest BCUT2D eigenvalue weighted by Gasteiger charge is -2.09. The third-order valence-corrected chi connectivity index (χ3v) is 4.75. The molecule has 0 aliphatic rings.